The Morgan fingerprint density at radius 2 is 2.06 bits per heavy atom. The maximum atomic E-state index is 13.0. The van der Waals surface area contributed by atoms with E-state index in [1.165, 1.54) is 12.1 Å². The highest BCUT2D eigenvalue weighted by Crippen LogP contribution is 2.21. The molecule has 0 aromatic heterocycles. The van der Waals surface area contributed by atoms with Crippen molar-refractivity contribution >= 4 is 14.0 Å². The first-order chi connectivity index (χ1) is 7.78. The lowest BCUT2D eigenvalue weighted by Gasteiger charge is -2.21. The van der Waals surface area contributed by atoms with Crippen LogP contribution in [0, 0.1) is 11.7 Å². The molecule has 17 heavy (non-hydrogen) atoms. The van der Waals surface area contributed by atoms with E-state index in [9.17, 15) is 14.3 Å². The van der Waals surface area contributed by atoms with Crippen LogP contribution in [0.25, 0.3) is 0 Å². The molecule has 0 amide bonds. The van der Waals surface area contributed by atoms with E-state index < -0.39 is 20.0 Å². The highest BCUT2D eigenvalue weighted by atomic mass is 28.3. The van der Waals surface area contributed by atoms with Crippen LogP contribution >= 0.6 is 0 Å². The van der Waals surface area contributed by atoms with E-state index in [0.717, 1.165) is 11.6 Å². The van der Waals surface area contributed by atoms with Gasteiger partial charge in [-0.2, -0.15) is 0 Å². The number of aliphatic carboxylic acids is 1. The second-order valence-electron chi connectivity index (χ2n) is 5.63. The van der Waals surface area contributed by atoms with Crippen molar-refractivity contribution in [2.75, 3.05) is 0 Å². The van der Waals surface area contributed by atoms with Crippen LogP contribution in [0.5, 0.6) is 0 Å². The Hall–Kier alpha value is -1.16. The Morgan fingerprint density at radius 3 is 2.53 bits per heavy atom. The van der Waals surface area contributed by atoms with E-state index in [1.54, 1.807) is 12.1 Å². The van der Waals surface area contributed by atoms with E-state index in [2.05, 4.69) is 19.6 Å². The van der Waals surface area contributed by atoms with Gasteiger partial charge in [0.2, 0.25) is 0 Å². The Labute approximate surface area is 102 Å². The minimum Gasteiger partial charge on any atom is -0.481 e. The quantitative estimate of drug-likeness (QED) is 0.818. The fourth-order valence-electron chi connectivity index (χ4n) is 1.93. The fourth-order valence-corrected chi connectivity index (χ4v) is 3.73. The fraction of sp³-hybridized carbons (Fsp3) is 0.462. The molecule has 0 aliphatic heterocycles. The van der Waals surface area contributed by atoms with E-state index in [0.29, 0.717) is 6.42 Å². The molecular weight excluding hydrogens is 235 g/mol. The highest BCUT2D eigenvalue weighted by molar-refractivity contribution is 6.76. The molecule has 2 nitrogen and oxygen atoms in total. The minimum atomic E-state index is -1.43. The summed E-state index contributed by atoms with van der Waals surface area (Å²) in [6.45, 7) is 6.44. The van der Waals surface area contributed by atoms with Gasteiger partial charge in [-0.25, -0.2) is 4.39 Å². The Kier molecular flexibility index (Phi) is 4.45. The number of benzene rings is 1. The van der Waals surface area contributed by atoms with Crippen molar-refractivity contribution in [2.24, 2.45) is 5.92 Å². The van der Waals surface area contributed by atoms with Gasteiger partial charge in [0.15, 0.2) is 0 Å². The summed E-state index contributed by atoms with van der Waals surface area (Å²) in [5, 5.41) is 9.20. The Morgan fingerprint density at radius 1 is 1.41 bits per heavy atom. The van der Waals surface area contributed by atoms with Crippen LogP contribution in [0.15, 0.2) is 24.3 Å². The van der Waals surface area contributed by atoms with Crippen molar-refractivity contribution in [2.45, 2.75) is 32.1 Å². The second-order valence-corrected chi connectivity index (χ2v) is 11.2. The summed E-state index contributed by atoms with van der Waals surface area (Å²) in [7, 11) is -1.43. The summed E-state index contributed by atoms with van der Waals surface area (Å²) in [5.74, 6) is -1.49. The van der Waals surface area contributed by atoms with Crippen LogP contribution in [-0.4, -0.2) is 19.1 Å². The van der Waals surface area contributed by atoms with Gasteiger partial charge in [-0.15, -0.1) is 0 Å². The van der Waals surface area contributed by atoms with Crippen molar-refractivity contribution in [3.8, 4) is 0 Å². The van der Waals surface area contributed by atoms with Gasteiger partial charge in [0.05, 0.1) is 5.92 Å². The van der Waals surface area contributed by atoms with Crippen molar-refractivity contribution in [1.29, 1.82) is 0 Å². The summed E-state index contributed by atoms with van der Waals surface area (Å²) in [6, 6.07) is 6.91. The molecule has 1 aromatic rings. The van der Waals surface area contributed by atoms with E-state index in [1.807, 2.05) is 0 Å². The van der Waals surface area contributed by atoms with Gasteiger partial charge >= 0.3 is 5.97 Å². The van der Waals surface area contributed by atoms with Gasteiger partial charge in [-0.3, -0.25) is 4.79 Å². The third kappa shape index (κ3) is 5.13. The van der Waals surface area contributed by atoms with Gasteiger partial charge in [0.25, 0.3) is 0 Å². The molecule has 0 bridgehead atoms. The largest absolute Gasteiger partial charge is 0.481 e. The van der Waals surface area contributed by atoms with Crippen LogP contribution in [0.3, 0.4) is 0 Å². The Bertz CT molecular complexity index is 399. The number of carboxylic acids is 1. The minimum absolute atomic E-state index is 0.306. The maximum Gasteiger partial charge on any atom is 0.306 e. The SMILES string of the molecule is C[Si](C)(C)CC(Cc1cccc(F)c1)C(=O)O. The lowest BCUT2D eigenvalue weighted by molar-refractivity contribution is -0.141. The van der Waals surface area contributed by atoms with Gasteiger partial charge in [-0.1, -0.05) is 31.8 Å². The monoisotopic (exact) mass is 254 g/mol. The van der Waals surface area contributed by atoms with Crippen molar-refractivity contribution in [3.63, 3.8) is 0 Å². The van der Waals surface area contributed by atoms with Crippen molar-refractivity contribution in [3.05, 3.63) is 35.6 Å². The van der Waals surface area contributed by atoms with Crippen molar-refractivity contribution < 1.29 is 14.3 Å². The first-order valence-electron chi connectivity index (χ1n) is 5.75. The zero-order chi connectivity index (χ0) is 13.1. The molecule has 0 aliphatic rings. The molecule has 0 saturated heterocycles. The normalized spacial score (nSPS) is 13.4. The summed E-state index contributed by atoms with van der Waals surface area (Å²) >= 11 is 0. The van der Waals surface area contributed by atoms with Crippen LogP contribution in [0.1, 0.15) is 5.56 Å². The number of carbonyl (C=O) groups is 1. The van der Waals surface area contributed by atoms with Gasteiger partial charge in [-0.05, 0) is 30.2 Å². The number of hydrogen-bond acceptors (Lipinski definition) is 1. The van der Waals surface area contributed by atoms with Crippen LogP contribution < -0.4 is 0 Å². The molecule has 0 saturated carbocycles. The smallest absolute Gasteiger partial charge is 0.306 e. The van der Waals surface area contributed by atoms with Gasteiger partial charge < -0.3 is 5.11 Å². The molecule has 1 rings (SSSR count). The molecule has 0 spiro atoms. The third-order valence-corrected chi connectivity index (χ3v) is 4.30. The third-order valence-electron chi connectivity index (χ3n) is 2.58. The summed E-state index contributed by atoms with van der Waals surface area (Å²) in [5.41, 5.74) is 0.760. The molecule has 4 heteroatoms. The van der Waals surface area contributed by atoms with E-state index in [-0.39, 0.29) is 5.82 Å². The number of halogens is 1. The number of carboxylic acid groups (broad SMARTS) is 1. The van der Waals surface area contributed by atoms with Crippen LogP contribution in [0.2, 0.25) is 25.7 Å². The van der Waals surface area contributed by atoms with Crippen LogP contribution in [-0.2, 0) is 11.2 Å². The zero-order valence-corrected chi connectivity index (χ0v) is 11.5. The molecule has 1 atom stereocenters. The first kappa shape index (κ1) is 13.9. The van der Waals surface area contributed by atoms with Gasteiger partial charge in [0, 0.05) is 8.07 Å². The highest BCUT2D eigenvalue weighted by Gasteiger charge is 2.25. The topological polar surface area (TPSA) is 37.3 Å². The summed E-state index contributed by atoms with van der Waals surface area (Å²) in [4.78, 5) is 11.2. The Balaban J connectivity index is 2.77. The molecule has 0 fully saturated rings. The van der Waals surface area contributed by atoms with Crippen LogP contribution in [0.4, 0.5) is 4.39 Å². The predicted octanol–water partition coefficient (Wildman–Crippen LogP) is 3.41. The predicted molar refractivity (Wildman–Crippen MR) is 69.4 cm³/mol. The standard InChI is InChI=1S/C13H19FO2Si/c1-17(2,3)9-11(13(15)16)7-10-5-4-6-12(14)8-10/h4-6,8,11H,7,9H2,1-3H3,(H,15,16). The maximum absolute atomic E-state index is 13.0. The molecule has 1 unspecified atom stereocenters. The second kappa shape index (κ2) is 5.45. The molecular formula is C13H19FO2Si. The number of hydrogen-bond donors (Lipinski definition) is 1. The first-order valence-corrected chi connectivity index (χ1v) is 9.46. The molecule has 94 valence electrons. The number of rotatable bonds is 5. The van der Waals surface area contributed by atoms with Crippen molar-refractivity contribution in [1.82, 2.24) is 0 Å². The average Bonchev–Trinajstić information content (AvgIpc) is 2.14. The lowest BCUT2D eigenvalue weighted by Crippen LogP contribution is -2.29. The van der Waals surface area contributed by atoms with E-state index >= 15 is 0 Å². The molecule has 0 heterocycles. The van der Waals surface area contributed by atoms with Gasteiger partial charge in [0.1, 0.15) is 5.82 Å². The van der Waals surface area contributed by atoms with E-state index in [4.69, 9.17) is 0 Å². The lowest BCUT2D eigenvalue weighted by atomic mass is 10.0. The molecule has 1 aromatic carbocycles. The molecule has 0 aliphatic carbocycles. The zero-order valence-electron chi connectivity index (χ0n) is 10.5. The summed E-state index contributed by atoms with van der Waals surface area (Å²) < 4.78 is 13.0. The summed E-state index contributed by atoms with van der Waals surface area (Å²) in [6.07, 6.45) is 0.414. The molecule has 0 radical (unpaired) electrons. The molecule has 1 N–H and O–H groups in total. The average molecular weight is 254 g/mol.